The van der Waals surface area contributed by atoms with Crippen LogP contribution in [0.1, 0.15) is 24.0 Å². The molecular weight excluding hydrogens is 621 g/mol. The average molecular weight is 654 g/mol. The topological polar surface area (TPSA) is 152 Å². The Hall–Kier alpha value is -4.57. The summed E-state index contributed by atoms with van der Waals surface area (Å²) in [5.41, 5.74) is 3.97. The number of aliphatic hydroxyl groups excluding tert-OH is 1. The molecule has 14 nitrogen and oxygen atoms in total. The first-order chi connectivity index (χ1) is 22.3. The molecule has 0 spiro atoms. The Morgan fingerprint density at radius 2 is 2.07 bits per heavy atom. The van der Waals surface area contributed by atoms with Gasteiger partial charge in [-0.25, -0.2) is 9.78 Å². The van der Waals surface area contributed by atoms with Crippen molar-refractivity contribution in [2.45, 2.75) is 31.3 Å². The van der Waals surface area contributed by atoms with E-state index in [9.17, 15) is 9.90 Å². The van der Waals surface area contributed by atoms with Crippen LogP contribution in [0.25, 0.3) is 17.0 Å². The average Bonchev–Trinajstić information content (AvgIpc) is 3.80. The normalized spacial score (nSPS) is 20.8. The van der Waals surface area contributed by atoms with Crippen molar-refractivity contribution in [2.75, 3.05) is 45.9 Å². The number of hydrogen-bond donors (Lipinski definition) is 3. The van der Waals surface area contributed by atoms with Gasteiger partial charge in [-0.1, -0.05) is 11.6 Å². The molecule has 3 aliphatic heterocycles. The molecule has 3 aromatic rings. The molecule has 242 valence electrons. The SMILES string of the molecule is COCCOCCOC(=O)Nc1ccc(C2=C(F)N(C)C([C@@H]3CCC4=CC(c5cc(Cl)ccc5-n5cnnn5)=CC(O)N43)N2)cn1. The van der Waals surface area contributed by atoms with Gasteiger partial charge in [-0.05, 0) is 71.3 Å². The number of benzene rings is 1. The number of ether oxygens (including phenoxy) is 3. The van der Waals surface area contributed by atoms with E-state index in [-0.39, 0.29) is 30.8 Å². The van der Waals surface area contributed by atoms with Crippen LogP contribution in [0.3, 0.4) is 0 Å². The predicted molar refractivity (Wildman–Crippen MR) is 166 cm³/mol. The summed E-state index contributed by atoms with van der Waals surface area (Å²) in [6.07, 6.45) is 5.99. The van der Waals surface area contributed by atoms with Gasteiger partial charge in [0.15, 0.2) is 0 Å². The lowest BCUT2D eigenvalue weighted by molar-refractivity contribution is 0.0225. The molecule has 1 saturated heterocycles. The van der Waals surface area contributed by atoms with Gasteiger partial charge in [-0.3, -0.25) is 5.32 Å². The zero-order valence-electron chi connectivity index (χ0n) is 25.1. The number of nitrogens with zero attached hydrogens (tertiary/aromatic N) is 7. The fourth-order valence-electron chi connectivity index (χ4n) is 5.80. The number of allylic oxidation sites excluding steroid dienone is 3. The number of aromatic nitrogens is 5. The maximum Gasteiger partial charge on any atom is 0.412 e. The molecule has 3 atom stereocenters. The molecular formula is C30H33ClFN9O5. The zero-order chi connectivity index (χ0) is 32.2. The number of rotatable bonds is 11. The molecule has 1 fully saturated rings. The number of nitrogens with one attached hydrogen (secondary N) is 2. The Morgan fingerprint density at radius 1 is 1.22 bits per heavy atom. The minimum Gasteiger partial charge on any atom is -0.447 e. The number of fused-ring (bicyclic) bond motifs is 1. The van der Waals surface area contributed by atoms with E-state index in [2.05, 4.69) is 31.1 Å². The summed E-state index contributed by atoms with van der Waals surface area (Å²) in [7, 11) is 3.24. The minimum absolute atomic E-state index is 0.0760. The third-order valence-electron chi connectivity index (χ3n) is 7.95. The largest absolute Gasteiger partial charge is 0.447 e. The van der Waals surface area contributed by atoms with Crippen molar-refractivity contribution in [1.82, 2.24) is 40.3 Å². The number of amides is 1. The van der Waals surface area contributed by atoms with Crippen LogP contribution in [0.4, 0.5) is 15.0 Å². The quantitative estimate of drug-likeness (QED) is 0.206. The monoisotopic (exact) mass is 653 g/mol. The fraction of sp³-hybridized carbons (Fsp3) is 0.367. The third-order valence-corrected chi connectivity index (χ3v) is 8.19. The van der Waals surface area contributed by atoms with Crippen LogP contribution in [-0.2, 0) is 14.2 Å². The number of carbonyl (C=O) groups is 1. The van der Waals surface area contributed by atoms with E-state index in [1.165, 1.54) is 17.4 Å². The maximum atomic E-state index is 15.6. The van der Waals surface area contributed by atoms with Gasteiger partial charge in [-0.15, -0.1) is 5.10 Å². The Bertz CT molecular complexity index is 1650. The Balaban J connectivity index is 1.11. The highest BCUT2D eigenvalue weighted by atomic mass is 35.5. The third kappa shape index (κ3) is 6.53. The molecule has 2 unspecified atom stereocenters. The molecule has 1 aromatic carbocycles. The van der Waals surface area contributed by atoms with Crippen LogP contribution < -0.4 is 10.6 Å². The summed E-state index contributed by atoms with van der Waals surface area (Å²) in [6, 6.07) is 8.37. The van der Waals surface area contributed by atoms with Crippen LogP contribution in [-0.4, -0.2) is 105 Å². The standard InChI is InChI=1S/C30H33ClFN9O5/c1-39-28(32)27(18-3-8-25(33-16-18)35-30(43)46-12-11-45-10-9-44-2)36-29(39)24-7-5-21-13-19(14-26(42)41(21)24)22-15-20(31)4-6-23(22)40-17-34-37-38-40/h3-4,6,8,13-17,24,26,29,36,42H,5,7,9-12H2,1-2H3,(H,33,35,43)/t24-,26?,29?/m0/s1. The number of halogens is 2. The van der Waals surface area contributed by atoms with E-state index in [4.69, 9.17) is 25.8 Å². The Labute approximate surface area is 269 Å². The number of pyridine rings is 1. The number of carbonyl (C=O) groups excluding carboxylic acids is 1. The van der Waals surface area contributed by atoms with Crippen molar-refractivity contribution in [3.05, 3.63) is 82.8 Å². The van der Waals surface area contributed by atoms with Gasteiger partial charge in [0.2, 0.25) is 5.95 Å². The molecule has 3 N–H and O–H groups in total. The number of tetrazole rings is 1. The van der Waals surface area contributed by atoms with Gasteiger partial charge >= 0.3 is 6.09 Å². The molecule has 0 bridgehead atoms. The molecule has 0 saturated carbocycles. The fourth-order valence-corrected chi connectivity index (χ4v) is 5.97. The van der Waals surface area contributed by atoms with Crippen LogP contribution in [0.5, 0.6) is 0 Å². The van der Waals surface area contributed by atoms with Gasteiger partial charge in [0.25, 0.3) is 0 Å². The van der Waals surface area contributed by atoms with Crippen molar-refractivity contribution in [2.24, 2.45) is 0 Å². The molecule has 0 radical (unpaired) electrons. The molecule has 3 aliphatic rings. The van der Waals surface area contributed by atoms with E-state index >= 15 is 4.39 Å². The molecule has 5 heterocycles. The second-order valence-electron chi connectivity index (χ2n) is 10.8. The Kier molecular flexibility index (Phi) is 9.44. The van der Waals surface area contributed by atoms with E-state index in [1.807, 2.05) is 23.1 Å². The highest BCUT2D eigenvalue weighted by Crippen LogP contribution is 2.41. The number of anilines is 1. The number of likely N-dealkylation sites (N-methyl/N-ethyl adjacent to an activating group) is 1. The van der Waals surface area contributed by atoms with Gasteiger partial charge in [-0.2, -0.15) is 9.07 Å². The molecule has 16 heteroatoms. The van der Waals surface area contributed by atoms with E-state index in [0.717, 1.165) is 22.5 Å². The van der Waals surface area contributed by atoms with Gasteiger partial charge < -0.3 is 34.4 Å². The summed E-state index contributed by atoms with van der Waals surface area (Å²) >= 11 is 6.34. The maximum absolute atomic E-state index is 15.6. The first kappa shape index (κ1) is 31.4. The summed E-state index contributed by atoms with van der Waals surface area (Å²) < 4.78 is 32.4. The summed E-state index contributed by atoms with van der Waals surface area (Å²) in [6.45, 7) is 1.18. The molecule has 2 aromatic heterocycles. The smallest absolute Gasteiger partial charge is 0.412 e. The van der Waals surface area contributed by atoms with Crippen molar-refractivity contribution in [3.8, 4) is 5.69 Å². The van der Waals surface area contributed by atoms with Crippen LogP contribution >= 0.6 is 11.6 Å². The number of hydrogen-bond acceptors (Lipinski definition) is 12. The van der Waals surface area contributed by atoms with Crippen molar-refractivity contribution < 1.29 is 28.5 Å². The Morgan fingerprint density at radius 3 is 2.83 bits per heavy atom. The highest BCUT2D eigenvalue weighted by molar-refractivity contribution is 6.30. The van der Waals surface area contributed by atoms with Crippen LogP contribution in [0, 0.1) is 0 Å². The minimum atomic E-state index is -0.964. The molecule has 6 rings (SSSR count). The van der Waals surface area contributed by atoms with Gasteiger partial charge in [0, 0.05) is 42.2 Å². The predicted octanol–water partition coefficient (Wildman–Crippen LogP) is 3.14. The van der Waals surface area contributed by atoms with E-state index in [0.29, 0.717) is 36.6 Å². The van der Waals surface area contributed by atoms with Crippen molar-refractivity contribution >= 4 is 34.8 Å². The summed E-state index contributed by atoms with van der Waals surface area (Å²) in [4.78, 5) is 19.8. The summed E-state index contributed by atoms with van der Waals surface area (Å²) in [5, 5.41) is 29.2. The first-order valence-electron chi connectivity index (χ1n) is 14.6. The number of aliphatic hydroxyl groups is 1. The van der Waals surface area contributed by atoms with Crippen LogP contribution in [0.15, 0.2) is 66.7 Å². The van der Waals surface area contributed by atoms with Crippen molar-refractivity contribution in [1.29, 1.82) is 0 Å². The highest BCUT2D eigenvalue weighted by Gasteiger charge is 2.44. The van der Waals surface area contributed by atoms with Gasteiger partial charge in [0.05, 0.1) is 37.2 Å². The lowest BCUT2D eigenvalue weighted by atomic mass is 9.99. The second-order valence-corrected chi connectivity index (χ2v) is 11.2. The zero-order valence-corrected chi connectivity index (χ0v) is 25.9. The lowest BCUT2D eigenvalue weighted by Crippen LogP contribution is -2.53. The van der Waals surface area contributed by atoms with E-state index in [1.54, 1.807) is 43.1 Å². The van der Waals surface area contributed by atoms with Crippen molar-refractivity contribution in [3.63, 3.8) is 0 Å². The lowest BCUT2D eigenvalue weighted by Gasteiger charge is -2.39. The second kappa shape index (κ2) is 13.8. The van der Waals surface area contributed by atoms with Gasteiger partial charge in [0.1, 0.15) is 31.1 Å². The number of methoxy groups -OCH3 is 1. The van der Waals surface area contributed by atoms with E-state index < -0.39 is 24.4 Å². The summed E-state index contributed by atoms with van der Waals surface area (Å²) in [5.74, 6) is -0.198. The molecule has 0 aliphatic carbocycles. The molecule has 46 heavy (non-hydrogen) atoms. The van der Waals surface area contributed by atoms with Crippen LogP contribution in [0.2, 0.25) is 5.02 Å². The molecule has 1 amide bonds. The first-order valence-corrected chi connectivity index (χ1v) is 15.0.